The SMILES string of the molecule is COc1ccc([Si](C)(C)[C@@H]2[C@@H](CC(=O)N3Cc4ccccc4C[C@H]3CO)O[C@]3(C(=O)N(C)c4ccc(Br)cc43)[C@H]2C)cc1. The van der Waals surface area contributed by atoms with Gasteiger partial charge in [-0.15, -0.1) is 0 Å². The van der Waals surface area contributed by atoms with Crippen LogP contribution in [0.1, 0.15) is 30.0 Å². The average molecular weight is 664 g/mol. The first-order valence-electron chi connectivity index (χ1n) is 14.9. The number of hydrogen-bond donors (Lipinski definition) is 1. The summed E-state index contributed by atoms with van der Waals surface area (Å²) in [7, 11) is 1.09. The van der Waals surface area contributed by atoms with Crippen LogP contribution >= 0.6 is 15.9 Å². The van der Waals surface area contributed by atoms with E-state index in [0.717, 1.165) is 27.0 Å². The quantitative estimate of drug-likeness (QED) is 0.377. The first-order valence-corrected chi connectivity index (χ1v) is 18.8. The molecule has 3 aromatic carbocycles. The molecule has 226 valence electrons. The number of amides is 2. The molecule has 9 heteroatoms. The van der Waals surface area contributed by atoms with Crippen molar-refractivity contribution in [3.8, 4) is 5.75 Å². The van der Waals surface area contributed by atoms with E-state index < -0.39 is 19.8 Å². The number of anilines is 1. The van der Waals surface area contributed by atoms with Crippen molar-refractivity contribution in [2.24, 2.45) is 5.92 Å². The Hall–Kier alpha value is -2.98. The Morgan fingerprint density at radius 1 is 1.12 bits per heavy atom. The highest BCUT2D eigenvalue weighted by Gasteiger charge is 2.66. The first-order chi connectivity index (χ1) is 20.5. The van der Waals surface area contributed by atoms with E-state index in [9.17, 15) is 14.7 Å². The first kappa shape index (κ1) is 30.1. The number of aliphatic hydroxyl groups is 1. The third kappa shape index (κ3) is 4.76. The maximum atomic E-state index is 14.2. The van der Waals surface area contributed by atoms with Crippen molar-refractivity contribution in [1.82, 2.24) is 4.90 Å². The fraction of sp³-hybridized carbons (Fsp3) is 0.412. The number of carbonyl (C=O) groups is 2. The van der Waals surface area contributed by atoms with E-state index in [2.05, 4.69) is 60.2 Å². The topological polar surface area (TPSA) is 79.3 Å². The van der Waals surface area contributed by atoms with Crippen LogP contribution in [-0.4, -0.2) is 62.8 Å². The smallest absolute Gasteiger partial charge is 0.264 e. The highest BCUT2D eigenvalue weighted by molar-refractivity contribution is 9.10. The van der Waals surface area contributed by atoms with Gasteiger partial charge in [-0.05, 0) is 53.4 Å². The number of likely N-dealkylation sites (N-methyl/N-ethyl adjacent to an activating group) is 1. The van der Waals surface area contributed by atoms with Crippen molar-refractivity contribution < 1.29 is 24.2 Å². The van der Waals surface area contributed by atoms with Crippen molar-refractivity contribution in [1.29, 1.82) is 0 Å². The molecule has 0 saturated carbocycles. The van der Waals surface area contributed by atoms with Gasteiger partial charge in [-0.25, -0.2) is 0 Å². The molecule has 1 fully saturated rings. The molecule has 3 aliphatic heterocycles. The Bertz CT molecular complexity index is 1560. The summed E-state index contributed by atoms with van der Waals surface area (Å²) < 4.78 is 13.4. The van der Waals surface area contributed by atoms with Gasteiger partial charge in [0.2, 0.25) is 5.91 Å². The van der Waals surface area contributed by atoms with Crippen LogP contribution in [0, 0.1) is 5.92 Å². The zero-order valence-corrected chi connectivity index (χ0v) is 27.9. The predicted molar refractivity (Wildman–Crippen MR) is 173 cm³/mol. The van der Waals surface area contributed by atoms with Gasteiger partial charge in [-0.3, -0.25) is 9.59 Å². The number of hydrogen-bond acceptors (Lipinski definition) is 5. The van der Waals surface area contributed by atoms with Gasteiger partial charge in [0, 0.05) is 29.5 Å². The lowest BCUT2D eigenvalue weighted by Gasteiger charge is -2.39. The number of nitrogens with zero attached hydrogens (tertiary/aromatic N) is 2. The maximum Gasteiger partial charge on any atom is 0.264 e. The van der Waals surface area contributed by atoms with E-state index in [0.29, 0.717) is 13.0 Å². The van der Waals surface area contributed by atoms with Gasteiger partial charge in [-0.1, -0.05) is 77.5 Å². The third-order valence-corrected chi connectivity index (χ3v) is 15.0. The number of halogens is 1. The lowest BCUT2D eigenvalue weighted by Crippen LogP contribution is -2.52. The highest BCUT2D eigenvalue weighted by atomic mass is 79.9. The van der Waals surface area contributed by atoms with Crippen LogP contribution in [0.4, 0.5) is 5.69 Å². The third-order valence-electron chi connectivity index (χ3n) is 10.2. The summed E-state index contributed by atoms with van der Waals surface area (Å²) in [5, 5.41) is 11.5. The van der Waals surface area contributed by atoms with Crippen molar-refractivity contribution >= 4 is 46.7 Å². The zero-order valence-electron chi connectivity index (χ0n) is 25.3. The molecule has 7 nitrogen and oxygen atoms in total. The molecule has 1 N–H and O–H groups in total. The molecule has 0 aromatic heterocycles. The van der Waals surface area contributed by atoms with Gasteiger partial charge in [0.05, 0.1) is 46.0 Å². The lowest BCUT2D eigenvalue weighted by molar-refractivity contribution is -0.150. The lowest BCUT2D eigenvalue weighted by atomic mass is 9.82. The summed E-state index contributed by atoms with van der Waals surface area (Å²) >= 11 is 3.62. The van der Waals surface area contributed by atoms with Gasteiger partial charge < -0.3 is 24.4 Å². The molecule has 0 unspecified atom stereocenters. The predicted octanol–water partition coefficient (Wildman–Crippen LogP) is 4.99. The summed E-state index contributed by atoms with van der Waals surface area (Å²) in [6.45, 7) is 7.10. The average Bonchev–Trinajstić information content (AvgIpc) is 3.42. The van der Waals surface area contributed by atoms with Crippen molar-refractivity contribution in [2.45, 2.75) is 62.7 Å². The fourth-order valence-corrected chi connectivity index (χ4v) is 12.3. The summed E-state index contributed by atoms with van der Waals surface area (Å²) in [4.78, 5) is 31.9. The molecular weight excluding hydrogens is 624 g/mol. The van der Waals surface area contributed by atoms with Gasteiger partial charge >= 0.3 is 0 Å². The molecule has 0 aliphatic carbocycles. The summed E-state index contributed by atoms with van der Waals surface area (Å²) in [6.07, 6.45) is 0.275. The molecule has 3 aromatic rings. The van der Waals surface area contributed by atoms with E-state index in [1.165, 1.54) is 10.8 Å². The van der Waals surface area contributed by atoms with Gasteiger partial charge in [-0.2, -0.15) is 0 Å². The van der Waals surface area contributed by atoms with Gasteiger partial charge in [0.25, 0.3) is 5.91 Å². The number of carbonyl (C=O) groups excluding carboxylic acids is 2. The van der Waals surface area contributed by atoms with E-state index in [1.807, 2.05) is 47.4 Å². The number of fused-ring (bicyclic) bond motifs is 3. The second-order valence-electron chi connectivity index (χ2n) is 12.7. The number of aliphatic hydroxyl groups excluding tert-OH is 1. The Balaban J connectivity index is 1.41. The molecule has 0 radical (unpaired) electrons. The molecule has 6 rings (SSSR count). The molecule has 43 heavy (non-hydrogen) atoms. The van der Waals surface area contributed by atoms with Crippen LogP contribution in [0.3, 0.4) is 0 Å². The van der Waals surface area contributed by atoms with E-state index in [1.54, 1.807) is 19.1 Å². The minimum atomic E-state index is -2.37. The standard InChI is InChI=1S/C34H39BrN2O5Si/c1-21-32(43(4,5)27-13-11-26(41-3)12-14-27)30(42-34(21)28-17-24(35)10-15-29(28)36(2)33(34)40)18-31(39)37-19-23-9-7-6-8-22(23)16-25(37)20-38/h6-15,17,21,25,30,32,38H,16,18-20H2,1-5H3/t21-,25-,30+,32-,34+/m0/s1. The van der Waals surface area contributed by atoms with Crippen molar-refractivity contribution in [3.63, 3.8) is 0 Å². The number of rotatable bonds is 6. The second-order valence-corrected chi connectivity index (χ2v) is 18.3. The summed E-state index contributed by atoms with van der Waals surface area (Å²) in [5.41, 5.74) is 2.72. The zero-order chi connectivity index (χ0) is 30.7. The fourth-order valence-electron chi connectivity index (χ4n) is 7.92. The largest absolute Gasteiger partial charge is 0.497 e. The molecule has 5 atom stereocenters. The number of methoxy groups -OCH3 is 1. The monoisotopic (exact) mass is 662 g/mol. The van der Waals surface area contributed by atoms with E-state index in [4.69, 9.17) is 9.47 Å². The normalized spacial score (nSPS) is 26.5. The second kappa shape index (κ2) is 11.2. The summed E-state index contributed by atoms with van der Waals surface area (Å²) in [6, 6.07) is 21.9. The molecule has 0 bridgehead atoms. The van der Waals surface area contributed by atoms with Crippen LogP contribution in [0.5, 0.6) is 5.75 Å². The maximum absolute atomic E-state index is 14.2. The molecule has 1 spiro atoms. The Morgan fingerprint density at radius 3 is 2.49 bits per heavy atom. The van der Waals surface area contributed by atoms with Crippen molar-refractivity contribution in [3.05, 3.63) is 87.9 Å². The van der Waals surface area contributed by atoms with Crippen LogP contribution in [0.2, 0.25) is 18.6 Å². The minimum absolute atomic E-state index is 0.0446. The molecule has 3 heterocycles. The molecule has 1 saturated heterocycles. The Morgan fingerprint density at radius 2 is 1.81 bits per heavy atom. The van der Waals surface area contributed by atoms with Crippen LogP contribution in [0.25, 0.3) is 0 Å². The van der Waals surface area contributed by atoms with Crippen LogP contribution in [-0.2, 0) is 32.9 Å². The summed E-state index contributed by atoms with van der Waals surface area (Å²) in [5.74, 6) is 0.461. The van der Waals surface area contributed by atoms with Crippen LogP contribution < -0.4 is 14.8 Å². The molecule has 2 amide bonds. The number of ether oxygens (including phenoxy) is 2. The Kier molecular flexibility index (Phi) is 7.82. The highest BCUT2D eigenvalue weighted by Crippen LogP contribution is 2.60. The molecule has 3 aliphatic rings. The van der Waals surface area contributed by atoms with Gasteiger partial charge in [0.1, 0.15) is 5.75 Å². The van der Waals surface area contributed by atoms with Gasteiger partial charge in [0.15, 0.2) is 5.60 Å². The Labute approximate surface area is 262 Å². The molecular formula is C34H39BrN2O5Si. The van der Waals surface area contributed by atoms with E-state index in [-0.39, 0.29) is 42.3 Å². The van der Waals surface area contributed by atoms with Crippen molar-refractivity contribution in [2.75, 3.05) is 25.7 Å². The minimum Gasteiger partial charge on any atom is -0.497 e. The van der Waals surface area contributed by atoms with E-state index >= 15 is 0 Å². The van der Waals surface area contributed by atoms with Crippen LogP contribution in [0.15, 0.2) is 71.2 Å². The number of benzene rings is 3.